The lowest BCUT2D eigenvalue weighted by Gasteiger charge is -2.23. The van der Waals surface area contributed by atoms with Crippen LogP contribution < -0.4 is 36.6 Å². The van der Waals surface area contributed by atoms with Crippen molar-refractivity contribution in [3.8, 4) is 5.75 Å². The average molecular weight is 839 g/mol. The summed E-state index contributed by atoms with van der Waals surface area (Å²) in [5.41, 5.74) is 2.54. The van der Waals surface area contributed by atoms with Gasteiger partial charge < -0.3 is 51.5 Å². The molecule has 60 heavy (non-hydrogen) atoms. The molecule has 4 unspecified atom stereocenters. The number of aromatic amines is 2. The van der Waals surface area contributed by atoms with Crippen LogP contribution in [0.1, 0.15) is 52.9 Å². The fourth-order valence-electron chi connectivity index (χ4n) is 6.82. The average Bonchev–Trinajstić information content (AvgIpc) is 4.00. The van der Waals surface area contributed by atoms with Crippen LogP contribution in [0.25, 0.3) is 21.8 Å². The van der Waals surface area contributed by atoms with Crippen molar-refractivity contribution in [2.24, 2.45) is 0 Å². The van der Waals surface area contributed by atoms with E-state index in [1.165, 1.54) is 26.5 Å². The molecule has 1 aliphatic heterocycles. The highest BCUT2D eigenvalue weighted by molar-refractivity contribution is 7.09. The number of thiazole rings is 1. The molecule has 0 radical (unpaired) electrons. The van der Waals surface area contributed by atoms with Gasteiger partial charge in [0.05, 0.1) is 31.9 Å². The van der Waals surface area contributed by atoms with Crippen molar-refractivity contribution in [2.75, 3.05) is 27.2 Å². The Balaban J connectivity index is 1.35. The van der Waals surface area contributed by atoms with E-state index in [0.29, 0.717) is 28.1 Å². The smallest absolute Gasteiger partial charge is 0.271 e. The monoisotopic (exact) mass is 838 g/mol. The molecule has 0 saturated heterocycles. The van der Waals surface area contributed by atoms with Crippen LogP contribution in [0.4, 0.5) is 0 Å². The molecule has 18 nitrogen and oxygen atoms in total. The Morgan fingerprint density at radius 1 is 0.817 bits per heavy atom. The number of methoxy groups -OCH3 is 1. The van der Waals surface area contributed by atoms with E-state index in [9.17, 15) is 33.6 Å². The lowest BCUT2D eigenvalue weighted by Crippen LogP contribution is -2.56. The zero-order valence-electron chi connectivity index (χ0n) is 33.4. The predicted octanol–water partition coefficient (Wildman–Crippen LogP) is 1.47. The first-order chi connectivity index (χ1) is 28.8. The third kappa shape index (κ3) is 9.80. The fraction of sp³-hybridized carbons (Fsp3) is 0.317. The molecule has 2 bridgehead atoms. The van der Waals surface area contributed by atoms with Gasteiger partial charge in [-0.15, -0.1) is 11.3 Å². The van der Waals surface area contributed by atoms with E-state index in [1.807, 2.05) is 37.3 Å². The Morgan fingerprint density at radius 3 is 2.28 bits per heavy atom. The van der Waals surface area contributed by atoms with Gasteiger partial charge in [0.25, 0.3) is 11.8 Å². The van der Waals surface area contributed by atoms with Crippen LogP contribution in [0.2, 0.25) is 0 Å². The molecule has 3 aromatic heterocycles. The molecule has 19 heteroatoms. The molecule has 5 aromatic rings. The first-order valence-electron chi connectivity index (χ1n) is 19.1. The van der Waals surface area contributed by atoms with Crippen molar-refractivity contribution in [2.45, 2.75) is 57.3 Å². The molecule has 4 atom stereocenters. The van der Waals surface area contributed by atoms with Gasteiger partial charge >= 0.3 is 0 Å². The summed E-state index contributed by atoms with van der Waals surface area (Å²) in [5.74, 6) is -4.38. The van der Waals surface area contributed by atoms with Crippen LogP contribution in [0.5, 0.6) is 5.75 Å². The molecular formula is C41H46N10O8S. The number of aromatic nitrogens is 3. The molecule has 0 aliphatic carbocycles. The Bertz CT molecular complexity index is 2470. The van der Waals surface area contributed by atoms with Crippen molar-refractivity contribution in [1.29, 1.82) is 0 Å². The third-order valence-corrected chi connectivity index (χ3v) is 11.0. The van der Waals surface area contributed by atoms with Gasteiger partial charge in [0.15, 0.2) is 0 Å². The van der Waals surface area contributed by atoms with Crippen molar-refractivity contribution < 1.29 is 38.3 Å². The number of amides is 7. The Labute approximate surface area is 348 Å². The highest BCUT2D eigenvalue weighted by Gasteiger charge is 2.31. The molecule has 6 rings (SSSR count). The largest absolute Gasteiger partial charge is 0.496 e. The summed E-state index contributed by atoms with van der Waals surface area (Å²) in [7, 11) is 2.87. The topological polar surface area (TPSA) is 249 Å². The molecule has 314 valence electrons. The summed E-state index contributed by atoms with van der Waals surface area (Å²) in [5, 5.41) is 19.2. The highest BCUT2D eigenvalue weighted by atomic mass is 32.1. The number of carbonyl (C=O) groups is 7. The number of rotatable bonds is 6. The second-order valence-electron chi connectivity index (χ2n) is 14.3. The van der Waals surface area contributed by atoms with Gasteiger partial charge in [-0.2, -0.15) is 0 Å². The number of likely N-dealkylation sites (N-methyl/N-ethyl adjacent to an activating group) is 1. The van der Waals surface area contributed by atoms with Crippen molar-refractivity contribution in [1.82, 2.24) is 51.8 Å². The molecule has 0 fully saturated rings. The lowest BCUT2D eigenvalue weighted by molar-refractivity contribution is -0.133. The maximum Gasteiger partial charge on any atom is 0.271 e. The minimum Gasteiger partial charge on any atom is -0.496 e. The van der Waals surface area contributed by atoms with Crippen LogP contribution in [-0.2, 0) is 41.6 Å². The van der Waals surface area contributed by atoms with Crippen molar-refractivity contribution >= 4 is 74.5 Å². The highest BCUT2D eigenvalue weighted by Crippen LogP contribution is 2.29. The van der Waals surface area contributed by atoms with Gasteiger partial charge in [0.2, 0.25) is 29.5 Å². The number of hydrogen-bond donors (Lipinski definition) is 8. The van der Waals surface area contributed by atoms with E-state index in [1.54, 1.807) is 24.5 Å². The first kappa shape index (κ1) is 42.6. The number of hydrogen-bond acceptors (Lipinski definition) is 10. The molecule has 0 spiro atoms. The second-order valence-corrected chi connectivity index (χ2v) is 15.2. The van der Waals surface area contributed by atoms with Crippen molar-refractivity contribution in [3.63, 3.8) is 0 Å². The number of fused-ring (bicyclic) bond motifs is 4. The number of carbonyl (C=O) groups excluding carboxylic acids is 7. The number of nitrogens with zero attached hydrogens (tertiary/aromatic N) is 2. The van der Waals surface area contributed by atoms with Gasteiger partial charge in [-0.25, -0.2) is 4.98 Å². The maximum atomic E-state index is 14.4. The van der Waals surface area contributed by atoms with Crippen LogP contribution in [-0.4, -0.2) is 107 Å². The van der Waals surface area contributed by atoms with Crippen LogP contribution in [0.3, 0.4) is 0 Å². The Kier molecular flexibility index (Phi) is 13.3. The number of para-hydroxylation sites is 1. The van der Waals surface area contributed by atoms with Gasteiger partial charge in [0, 0.05) is 59.5 Å². The van der Waals surface area contributed by atoms with Gasteiger partial charge in [-0.05, 0) is 42.7 Å². The molecule has 0 saturated carbocycles. The van der Waals surface area contributed by atoms with Crippen LogP contribution >= 0.6 is 11.3 Å². The lowest BCUT2D eigenvalue weighted by atomic mass is 10.0. The molecule has 2 aromatic carbocycles. The van der Waals surface area contributed by atoms with E-state index in [4.69, 9.17) is 4.74 Å². The number of nitrogens with one attached hydrogen (secondary N) is 8. The summed E-state index contributed by atoms with van der Waals surface area (Å²) in [4.78, 5) is 106. The Hall–Kier alpha value is -7.02. The zero-order chi connectivity index (χ0) is 43.1. The minimum absolute atomic E-state index is 0.00589. The minimum atomic E-state index is -1.28. The van der Waals surface area contributed by atoms with E-state index in [2.05, 4.69) is 53.4 Å². The molecule has 8 N–H and O–H groups in total. The zero-order valence-corrected chi connectivity index (χ0v) is 34.2. The Morgan fingerprint density at radius 2 is 1.52 bits per heavy atom. The number of H-pyrrole nitrogens is 2. The summed E-state index contributed by atoms with van der Waals surface area (Å²) < 4.78 is 5.59. The van der Waals surface area contributed by atoms with Crippen LogP contribution in [0, 0.1) is 0 Å². The predicted molar refractivity (Wildman–Crippen MR) is 223 cm³/mol. The summed E-state index contributed by atoms with van der Waals surface area (Å²) in [6.45, 7) is 5.83. The maximum absolute atomic E-state index is 14.4. The second kappa shape index (κ2) is 18.7. The molecule has 1 aliphatic rings. The van der Waals surface area contributed by atoms with E-state index >= 15 is 0 Å². The standard InChI is InChI=1S/C41H46N10O8S/c1-6-26-40-50-31(20-60-40)39(57)49-30(14-23-16-42-27-11-8-7-10-25(23)27)38(56)48-29(15-24-17-43-28-12-9-13-32(59-5)35(24)28)37(55)44-18-33(52)45-21(2)36(54)46-22(3)41(58)51(4)19-34(53)47-26/h7-13,16-17,20-21,26,29-30,42-43H,3,6,14-15,18-19H2,1-2,4-5H3,(H,44,55)(H,45,52)(H,46,54)(H,47,53)(H,48,56)(H,49,57). The van der Waals surface area contributed by atoms with Crippen molar-refractivity contribution in [3.05, 3.63) is 94.3 Å². The van der Waals surface area contributed by atoms with Gasteiger partial charge in [-0.3, -0.25) is 33.6 Å². The van der Waals surface area contributed by atoms with Gasteiger partial charge in [0.1, 0.15) is 34.6 Å². The first-order valence-corrected chi connectivity index (χ1v) is 20.0. The van der Waals surface area contributed by atoms with E-state index in [0.717, 1.165) is 38.2 Å². The van der Waals surface area contributed by atoms with Gasteiger partial charge in [-0.1, -0.05) is 37.8 Å². The summed E-state index contributed by atoms with van der Waals surface area (Å²) >= 11 is 1.13. The normalized spacial score (nSPS) is 20.8. The third-order valence-electron chi connectivity index (χ3n) is 10.00. The molecule has 7 amide bonds. The van der Waals surface area contributed by atoms with Crippen LogP contribution in [0.15, 0.2) is 72.5 Å². The SMILES string of the molecule is C=C1NC(=O)C(C)NC(=O)CNC(=O)C(Cc2c[nH]c3cccc(OC)c23)NC(=O)C(Cc2c[nH]c3ccccc23)NC(=O)c2csc(n2)C(CC)NC(=O)CN(C)C1=O. The summed E-state index contributed by atoms with van der Waals surface area (Å²) in [6.07, 6.45) is 3.79. The number of ether oxygens (including phenoxy) is 1. The fourth-order valence-corrected chi connectivity index (χ4v) is 7.75. The van der Waals surface area contributed by atoms with E-state index < -0.39 is 78.6 Å². The number of benzene rings is 2. The molecular weight excluding hydrogens is 793 g/mol. The van der Waals surface area contributed by atoms with E-state index in [-0.39, 0.29) is 24.2 Å². The quantitative estimate of drug-likeness (QED) is 0.115. The summed E-state index contributed by atoms with van der Waals surface area (Å²) in [6, 6.07) is 8.56. The molecule has 4 heterocycles.